The van der Waals surface area contributed by atoms with E-state index in [1.54, 1.807) is 46.0 Å². The Morgan fingerprint density at radius 2 is 1.70 bits per heavy atom. The molecule has 0 bridgehead atoms. The van der Waals surface area contributed by atoms with Crippen molar-refractivity contribution in [2.24, 2.45) is 5.92 Å². The number of fused-ring (bicyclic) bond motifs is 1. The smallest absolute Gasteiger partial charge is 0.342 e. The van der Waals surface area contributed by atoms with E-state index in [4.69, 9.17) is 4.74 Å². The largest absolute Gasteiger partial charge is 0.466 e. The molecular weight excluding hydrogens is 568 g/mol. The Hall–Kier alpha value is -4.12. The van der Waals surface area contributed by atoms with Gasteiger partial charge in [0.2, 0.25) is 5.91 Å². The maximum atomic E-state index is 15.5. The van der Waals surface area contributed by atoms with Crippen LogP contribution in [0.1, 0.15) is 73.7 Å². The van der Waals surface area contributed by atoms with Gasteiger partial charge in [-0.15, -0.1) is 0 Å². The quantitative estimate of drug-likeness (QED) is 0.293. The van der Waals surface area contributed by atoms with Crippen LogP contribution < -0.4 is 16.0 Å². The zero-order valence-corrected chi connectivity index (χ0v) is 26.6. The highest BCUT2D eigenvalue weighted by atomic mass is 19.1. The molecule has 2 amide bonds. The third kappa shape index (κ3) is 8.95. The lowest BCUT2D eigenvalue weighted by Gasteiger charge is -2.22. The normalized spacial score (nSPS) is 13.0. The minimum Gasteiger partial charge on any atom is -0.466 e. The molecule has 1 aromatic heterocycles. The molecule has 0 radical (unpaired) electrons. The van der Waals surface area contributed by atoms with Gasteiger partial charge in [0.1, 0.15) is 11.6 Å². The van der Waals surface area contributed by atoms with Crippen LogP contribution >= 0.6 is 0 Å². The van der Waals surface area contributed by atoms with Crippen LogP contribution in [0.5, 0.6) is 0 Å². The lowest BCUT2D eigenvalue weighted by atomic mass is 9.90. The number of rotatable bonds is 8. The molecule has 1 unspecified atom stereocenters. The van der Waals surface area contributed by atoms with Crippen LogP contribution in [0.15, 0.2) is 30.5 Å². The summed E-state index contributed by atoms with van der Waals surface area (Å²) in [4.78, 5) is 38.1. The monoisotopic (exact) mass is 611 g/mol. The van der Waals surface area contributed by atoms with E-state index < -0.39 is 36.3 Å². The van der Waals surface area contributed by atoms with Crippen LogP contribution in [0.4, 0.5) is 13.6 Å². The summed E-state index contributed by atoms with van der Waals surface area (Å²) in [5, 5.41) is 12.5. The molecule has 11 heteroatoms. The SMILES string of the molecule is CC(C)C.CCOC(=O)CC(NC(=O)CNC(=O)n1ncc2c1CNCC2)c1cc(-c2c(C)cc(F)cc2C)cc(C)c1F. The fourth-order valence-electron chi connectivity index (χ4n) is 5.07. The van der Waals surface area contributed by atoms with Crippen molar-refractivity contribution in [2.75, 3.05) is 19.7 Å². The highest BCUT2D eigenvalue weighted by molar-refractivity contribution is 5.85. The molecule has 0 spiro atoms. The second-order valence-corrected chi connectivity index (χ2v) is 11.6. The maximum Gasteiger partial charge on any atom is 0.342 e. The number of amides is 2. The molecule has 0 fully saturated rings. The average molecular weight is 612 g/mol. The maximum absolute atomic E-state index is 15.5. The van der Waals surface area contributed by atoms with Crippen molar-refractivity contribution >= 4 is 17.9 Å². The van der Waals surface area contributed by atoms with Crippen LogP contribution in [0.2, 0.25) is 0 Å². The van der Waals surface area contributed by atoms with Gasteiger partial charge in [-0.2, -0.15) is 9.78 Å². The summed E-state index contributed by atoms with van der Waals surface area (Å²) in [6.45, 7) is 14.2. The van der Waals surface area contributed by atoms with E-state index in [-0.39, 0.29) is 24.4 Å². The molecule has 3 N–H and O–H groups in total. The number of carbonyl (C=O) groups is 3. The summed E-state index contributed by atoms with van der Waals surface area (Å²) in [6, 6.07) is 4.34. The number of esters is 1. The van der Waals surface area contributed by atoms with Gasteiger partial charge >= 0.3 is 12.0 Å². The second-order valence-electron chi connectivity index (χ2n) is 11.6. The van der Waals surface area contributed by atoms with E-state index in [0.29, 0.717) is 28.8 Å². The van der Waals surface area contributed by atoms with Gasteiger partial charge in [-0.05, 0) is 104 Å². The minimum absolute atomic E-state index is 0.0816. The van der Waals surface area contributed by atoms with Crippen molar-refractivity contribution in [1.29, 1.82) is 0 Å². The van der Waals surface area contributed by atoms with E-state index in [1.165, 1.54) is 16.8 Å². The Balaban J connectivity index is 0.00000124. The van der Waals surface area contributed by atoms with Gasteiger partial charge < -0.3 is 20.7 Å². The topological polar surface area (TPSA) is 114 Å². The molecule has 0 saturated carbocycles. The number of halogens is 2. The molecule has 2 heterocycles. The third-order valence-corrected chi connectivity index (χ3v) is 6.87. The van der Waals surface area contributed by atoms with Crippen molar-refractivity contribution < 1.29 is 27.9 Å². The molecule has 9 nitrogen and oxygen atoms in total. The number of hydrogen-bond donors (Lipinski definition) is 3. The van der Waals surface area contributed by atoms with Crippen molar-refractivity contribution in [2.45, 2.75) is 73.9 Å². The molecule has 238 valence electrons. The third-order valence-electron chi connectivity index (χ3n) is 6.87. The van der Waals surface area contributed by atoms with Crippen molar-refractivity contribution in [3.63, 3.8) is 0 Å². The molecule has 1 aliphatic rings. The van der Waals surface area contributed by atoms with Crippen LogP contribution in [0, 0.1) is 38.3 Å². The van der Waals surface area contributed by atoms with Crippen LogP contribution in [0.25, 0.3) is 11.1 Å². The van der Waals surface area contributed by atoms with Gasteiger partial charge in [0.05, 0.1) is 37.5 Å². The number of ether oxygens (including phenoxy) is 1. The first-order valence-electron chi connectivity index (χ1n) is 14.9. The number of nitrogens with one attached hydrogen (secondary N) is 3. The Morgan fingerprint density at radius 1 is 1.05 bits per heavy atom. The zero-order valence-electron chi connectivity index (χ0n) is 26.6. The van der Waals surface area contributed by atoms with E-state index in [2.05, 4.69) is 41.8 Å². The Kier molecular flexibility index (Phi) is 12.2. The summed E-state index contributed by atoms with van der Waals surface area (Å²) in [7, 11) is 0. The first kappa shape index (κ1) is 34.4. The lowest BCUT2D eigenvalue weighted by molar-refractivity contribution is -0.143. The van der Waals surface area contributed by atoms with Gasteiger partial charge in [-0.25, -0.2) is 13.6 Å². The number of aryl methyl sites for hydroxylation is 3. The van der Waals surface area contributed by atoms with E-state index in [9.17, 15) is 18.8 Å². The number of nitrogens with zero attached hydrogens (tertiary/aromatic N) is 2. The summed E-state index contributed by atoms with van der Waals surface area (Å²) < 4.78 is 35.7. The fraction of sp³-hybridized carbons (Fsp3) is 0.455. The highest BCUT2D eigenvalue weighted by Crippen LogP contribution is 2.33. The van der Waals surface area contributed by atoms with Gasteiger partial charge in [0.25, 0.3) is 0 Å². The second kappa shape index (κ2) is 15.6. The summed E-state index contributed by atoms with van der Waals surface area (Å²) in [5.74, 6) is -1.38. The average Bonchev–Trinajstić information content (AvgIpc) is 3.37. The number of hydrogen-bond acceptors (Lipinski definition) is 6. The molecule has 44 heavy (non-hydrogen) atoms. The summed E-state index contributed by atoms with van der Waals surface area (Å²) in [5.41, 5.74) is 4.75. The number of aromatic nitrogens is 2. The Bertz CT molecular complexity index is 1480. The summed E-state index contributed by atoms with van der Waals surface area (Å²) >= 11 is 0. The zero-order chi connectivity index (χ0) is 32.6. The van der Waals surface area contributed by atoms with Crippen LogP contribution in [-0.2, 0) is 27.3 Å². The predicted octanol–water partition coefficient (Wildman–Crippen LogP) is 5.43. The van der Waals surface area contributed by atoms with Gasteiger partial charge in [0, 0.05) is 12.1 Å². The standard InChI is InChI=1S/C29H33F2N5O4.C4H10/c1-5-40-26(38)12-23(35-25(37)15-33-29(39)36-24-14-32-7-6-19(24)13-34-36)22-11-20(8-18(4)28(22)31)27-16(2)9-21(30)10-17(27)3;1-4(2)3/h8-11,13,23,32H,5-7,12,14-15H2,1-4H3,(H,33,39)(H,35,37);4H,1-3H3. The number of carbonyl (C=O) groups excluding carboxylic acids is 3. The molecule has 1 aliphatic heterocycles. The van der Waals surface area contributed by atoms with E-state index in [1.807, 2.05) is 0 Å². The Labute approximate surface area is 257 Å². The van der Waals surface area contributed by atoms with Crippen molar-refractivity contribution in [3.8, 4) is 11.1 Å². The first-order chi connectivity index (χ1) is 20.8. The highest BCUT2D eigenvalue weighted by Gasteiger charge is 2.26. The van der Waals surface area contributed by atoms with E-state index in [0.717, 1.165) is 35.7 Å². The number of benzene rings is 2. The van der Waals surface area contributed by atoms with Gasteiger partial charge in [0.15, 0.2) is 0 Å². The molecule has 0 aliphatic carbocycles. The van der Waals surface area contributed by atoms with E-state index >= 15 is 4.39 Å². The van der Waals surface area contributed by atoms with Crippen molar-refractivity contribution in [3.05, 3.63) is 75.6 Å². The van der Waals surface area contributed by atoms with Crippen molar-refractivity contribution in [1.82, 2.24) is 25.7 Å². The molecule has 1 atom stereocenters. The molecule has 3 aromatic rings. The van der Waals surface area contributed by atoms with Gasteiger partial charge in [-0.3, -0.25) is 9.59 Å². The van der Waals surface area contributed by atoms with Crippen LogP contribution in [0.3, 0.4) is 0 Å². The molecular formula is C33H43F2N5O4. The molecule has 0 saturated heterocycles. The molecule has 2 aromatic carbocycles. The summed E-state index contributed by atoms with van der Waals surface area (Å²) in [6.07, 6.45) is 2.06. The fourth-order valence-corrected chi connectivity index (χ4v) is 5.07. The van der Waals surface area contributed by atoms with Gasteiger partial charge in [-0.1, -0.05) is 20.8 Å². The van der Waals surface area contributed by atoms with Crippen LogP contribution in [-0.4, -0.2) is 47.4 Å². The Morgan fingerprint density at radius 3 is 2.34 bits per heavy atom. The predicted molar refractivity (Wildman–Crippen MR) is 165 cm³/mol. The minimum atomic E-state index is -1.08. The first-order valence-corrected chi connectivity index (χ1v) is 14.9. The molecule has 4 rings (SSSR count). The lowest BCUT2D eigenvalue weighted by Crippen LogP contribution is -2.42.